The van der Waals surface area contributed by atoms with E-state index >= 15 is 0 Å². The van der Waals surface area contributed by atoms with Crippen LogP contribution in [0.4, 0.5) is 32.0 Å². The summed E-state index contributed by atoms with van der Waals surface area (Å²) >= 11 is 0. The fourth-order valence-electron chi connectivity index (χ4n) is 1.92. The summed E-state index contributed by atoms with van der Waals surface area (Å²) in [6, 6.07) is 4.74. The van der Waals surface area contributed by atoms with Crippen LogP contribution in [0, 0.1) is 0 Å². The first-order chi connectivity index (χ1) is 11.5. The van der Waals surface area contributed by atoms with Gasteiger partial charge < -0.3 is 9.88 Å². The quantitative estimate of drug-likeness (QED) is 0.848. The highest BCUT2D eigenvalue weighted by Gasteiger charge is 2.31. The van der Waals surface area contributed by atoms with Crippen LogP contribution < -0.4 is 10.9 Å². The molecule has 0 saturated heterocycles. The van der Waals surface area contributed by atoms with E-state index in [4.69, 9.17) is 0 Å². The molecule has 0 aliphatic heterocycles. The summed E-state index contributed by atoms with van der Waals surface area (Å²) in [4.78, 5) is 23.3. The number of halogens is 6. The van der Waals surface area contributed by atoms with Gasteiger partial charge in [-0.2, -0.15) is 26.3 Å². The first-order valence-corrected chi connectivity index (χ1v) is 6.71. The van der Waals surface area contributed by atoms with Crippen molar-refractivity contribution in [2.45, 2.75) is 18.9 Å². The SMILES string of the molecule is O=C(Cn1cc(C(F)(F)F)ccc1=O)Nc1ccc(C(F)(F)F)cc1. The number of anilines is 1. The molecule has 10 heteroatoms. The van der Waals surface area contributed by atoms with Crippen LogP contribution in [0.1, 0.15) is 11.1 Å². The predicted molar refractivity (Wildman–Crippen MR) is 75.8 cm³/mol. The molecular weight excluding hydrogens is 354 g/mol. The maximum Gasteiger partial charge on any atom is 0.417 e. The molecule has 0 fully saturated rings. The summed E-state index contributed by atoms with van der Waals surface area (Å²) in [6.07, 6.45) is -8.72. The van der Waals surface area contributed by atoms with Gasteiger partial charge in [0, 0.05) is 18.0 Å². The number of aromatic nitrogens is 1. The van der Waals surface area contributed by atoms with Crippen molar-refractivity contribution in [1.82, 2.24) is 4.57 Å². The summed E-state index contributed by atoms with van der Waals surface area (Å²) in [5.74, 6) is -0.860. The van der Waals surface area contributed by atoms with Crippen molar-refractivity contribution in [3.05, 3.63) is 64.1 Å². The lowest BCUT2D eigenvalue weighted by molar-refractivity contribution is -0.138. The van der Waals surface area contributed by atoms with Gasteiger partial charge in [0.2, 0.25) is 5.91 Å². The molecule has 0 spiro atoms. The van der Waals surface area contributed by atoms with E-state index in [1.165, 1.54) is 0 Å². The number of hydrogen-bond acceptors (Lipinski definition) is 2. The van der Waals surface area contributed by atoms with Crippen LogP contribution >= 0.6 is 0 Å². The maximum atomic E-state index is 12.6. The van der Waals surface area contributed by atoms with Gasteiger partial charge in [0.15, 0.2) is 0 Å². The zero-order valence-corrected chi connectivity index (χ0v) is 12.3. The Labute approximate surface area is 136 Å². The molecule has 0 aliphatic rings. The monoisotopic (exact) mass is 364 g/mol. The van der Waals surface area contributed by atoms with Crippen LogP contribution in [0.3, 0.4) is 0 Å². The van der Waals surface area contributed by atoms with Crippen molar-refractivity contribution in [1.29, 1.82) is 0 Å². The highest BCUT2D eigenvalue weighted by atomic mass is 19.4. The normalized spacial score (nSPS) is 12.1. The Morgan fingerprint density at radius 2 is 1.40 bits per heavy atom. The number of nitrogens with zero attached hydrogens (tertiary/aromatic N) is 1. The van der Waals surface area contributed by atoms with Gasteiger partial charge in [-0.3, -0.25) is 9.59 Å². The Bertz CT molecular complexity index is 822. The third-order valence-corrected chi connectivity index (χ3v) is 3.12. The molecule has 25 heavy (non-hydrogen) atoms. The minimum atomic E-state index is -4.68. The molecule has 1 aromatic carbocycles. The first kappa shape index (κ1) is 18.6. The standard InChI is InChI=1S/C15H10F6N2O2/c16-14(17,18)9-1-4-11(5-2-9)22-12(24)8-23-7-10(15(19,20)21)3-6-13(23)25/h1-7H,8H2,(H,22,24). The number of pyridine rings is 1. The molecule has 0 radical (unpaired) electrons. The van der Waals surface area contributed by atoms with Gasteiger partial charge in [-0.25, -0.2) is 0 Å². The second-order valence-corrected chi connectivity index (χ2v) is 5.00. The Kier molecular flexibility index (Phi) is 4.91. The van der Waals surface area contributed by atoms with E-state index in [1.54, 1.807) is 0 Å². The van der Waals surface area contributed by atoms with Crippen LogP contribution in [0.2, 0.25) is 0 Å². The van der Waals surface area contributed by atoms with Crippen molar-refractivity contribution in [3.8, 4) is 0 Å². The van der Waals surface area contributed by atoms with E-state index in [2.05, 4.69) is 5.32 Å². The second kappa shape index (κ2) is 6.61. The lowest BCUT2D eigenvalue weighted by Crippen LogP contribution is -2.28. The Hall–Kier alpha value is -2.78. The van der Waals surface area contributed by atoms with E-state index in [-0.39, 0.29) is 5.69 Å². The molecule has 1 aromatic heterocycles. The molecule has 4 nitrogen and oxygen atoms in total. The third-order valence-electron chi connectivity index (χ3n) is 3.12. The predicted octanol–water partition coefficient (Wildman–Crippen LogP) is 3.52. The summed E-state index contributed by atoms with van der Waals surface area (Å²) in [5, 5.41) is 2.21. The van der Waals surface area contributed by atoms with Gasteiger partial charge in [-0.1, -0.05) is 0 Å². The molecule has 2 rings (SSSR count). The maximum absolute atomic E-state index is 12.6. The molecule has 1 heterocycles. The number of carbonyl (C=O) groups is 1. The zero-order chi connectivity index (χ0) is 18.8. The zero-order valence-electron chi connectivity index (χ0n) is 12.3. The van der Waals surface area contributed by atoms with Crippen molar-refractivity contribution >= 4 is 11.6 Å². The number of benzene rings is 1. The minimum absolute atomic E-state index is 0.0121. The molecule has 1 N–H and O–H groups in total. The lowest BCUT2D eigenvalue weighted by Gasteiger charge is -2.11. The summed E-state index contributed by atoms with van der Waals surface area (Å²) in [6.45, 7) is -0.718. The van der Waals surface area contributed by atoms with E-state index in [9.17, 15) is 35.9 Å². The third kappa shape index (κ3) is 4.85. The van der Waals surface area contributed by atoms with Gasteiger partial charge in [0.1, 0.15) is 6.54 Å². The molecule has 1 amide bonds. The number of hydrogen-bond donors (Lipinski definition) is 1. The van der Waals surface area contributed by atoms with E-state index in [1.807, 2.05) is 0 Å². The molecule has 0 aliphatic carbocycles. The lowest BCUT2D eigenvalue weighted by atomic mass is 10.2. The van der Waals surface area contributed by atoms with Crippen molar-refractivity contribution < 1.29 is 31.1 Å². The van der Waals surface area contributed by atoms with Crippen molar-refractivity contribution in [2.24, 2.45) is 0 Å². The largest absolute Gasteiger partial charge is 0.417 e. The molecule has 0 bridgehead atoms. The van der Waals surface area contributed by atoms with E-state index in [0.29, 0.717) is 22.9 Å². The molecule has 0 atom stereocenters. The highest BCUT2D eigenvalue weighted by molar-refractivity contribution is 5.90. The van der Waals surface area contributed by atoms with Crippen molar-refractivity contribution in [2.75, 3.05) is 5.32 Å². The molecule has 2 aromatic rings. The number of nitrogens with one attached hydrogen (secondary N) is 1. The fraction of sp³-hybridized carbons (Fsp3) is 0.200. The van der Waals surface area contributed by atoms with Crippen LogP contribution in [0.15, 0.2) is 47.4 Å². The summed E-state index contributed by atoms with van der Waals surface area (Å²) in [7, 11) is 0. The van der Waals surface area contributed by atoms with Crippen LogP contribution in [-0.4, -0.2) is 10.5 Å². The topological polar surface area (TPSA) is 51.1 Å². The van der Waals surface area contributed by atoms with Crippen LogP contribution in [0.25, 0.3) is 0 Å². The minimum Gasteiger partial charge on any atom is -0.325 e. The fourth-order valence-corrected chi connectivity index (χ4v) is 1.92. The number of rotatable bonds is 3. The number of carbonyl (C=O) groups excluding carboxylic acids is 1. The average molecular weight is 364 g/mol. The number of amides is 1. The van der Waals surface area contributed by atoms with Gasteiger partial charge in [-0.15, -0.1) is 0 Å². The van der Waals surface area contributed by atoms with Crippen molar-refractivity contribution in [3.63, 3.8) is 0 Å². The van der Waals surface area contributed by atoms with Gasteiger partial charge in [0.05, 0.1) is 11.1 Å². The summed E-state index contributed by atoms with van der Waals surface area (Å²) in [5.41, 5.74) is -2.83. The van der Waals surface area contributed by atoms with Crippen LogP contribution in [-0.2, 0) is 23.7 Å². The molecule has 134 valence electrons. The molecule has 0 unspecified atom stereocenters. The average Bonchev–Trinajstić information content (AvgIpc) is 2.48. The Morgan fingerprint density at radius 1 is 0.880 bits per heavy atom. The van der Waals surface area contributed by atoms with Gasteiger partial charge in [-0.05, 0) is 30.3 Å². The second-order valence-electron chi connectivity index (χ2n) is 5.00. The van der Waals surface area contributed by atoms with E-state index < -0.39 is 41.5 Å². The van der Waals surface area contributed by atoms with Gasteiger partial charge in [0.25, 0.3) is 5.56 Å². The molecule has 0 saturated carbocycles. The Balaban J connectivity index is 2.12. The smallest absolute Gasteiger partial charge is 0.325 e. The first-order valence-electron chi connectivity index (χ1n) is 6.71. The Morgan fingerprint density at radius 3 is 1.92 bits per heavy atom. The van der Waals surface area contributed by atoms with Crippen LogP contribution in [0.5, 0.6) is 0 Å². The van der Waals surface area contributed by atoms with E-state index in [0.717, 1.165) is 24.3 Å². The highest BCUT2D eigenvalue weighted by Crippen LogP contribution is 2.30. The molecular formula is C15H10F6N2O2. The van der Waals surface area contributed by atoms with Gasteiger partial charge >= 0.3 is 12.4 Å². The summed E-state index contributed by atoms with van der Waals surface area (Å²) < 4.78 is 75.7. The number of alkyl halides is 6.